The van der Waals surface area contributed by atoms with Crippen molar-refractivity contribution in [2.45, 2.75) is 13.8 Å². The Labute approximate surface area is 173 Å². The molecule has 0 radical (unpaired) electrons. The number of H-pyrrole nitrogens is 1. The molecule has 8 heteroatoms. The number of amides is 1. The second-order valence-electron chi connectivity index (χ2n) is 6.79. The Balaban J connectivity index is 1.82. The van der Waals surface area contributed by atoms with E-state index in [1.54, 1.807) is 6.33 Å². The molecule has 1 amide bonds. The van der Waals surface area contributed by atoms with Gasteiger partial charge in [-0.05, 0) is 31.5 Å². The predicted molar refractivity (Wildman–Crippen MR) is 114 cm³/mol. The first kappa shape index (κ1) is 19.5. The van der Waals surface area contributed by atoms with Crippen molar-refractivity contribution in [1.82, 2.24) is 25.1 Å². The molecule has 0 unspecified atom stereocenters. The van der Waals surface area contributed by atoms with E-state index in [2.05, 4.69) is 20.5 Å². The highest BCUT2D eigenvalue weighted by atomic mass is 16.5. The lowest BCUT2D eigenvalue weighted by atomic mass is 10.1. The van der Waals surface area contributed by atoms with Crippen LogP contribution in [0.3, 0.4) is 0 Å². The number of benzene rings is 2. The molecule has 0 saturated carbocycles. The first-order chi connectivity index (χ1) is 14.6. The van der Waals surface area contributed by atoms with Crippen LogP contribution in [0.15, 0.2) is 42.9 Å². The summed E-state index contributed by atoms with van der Waals surface area (Å²) < 4.78 is 12.9. The van der Waals surface area contributed by atoms with Crippen LogP contribution in [0, 0.1) is 6.92 Å². The third kappa shape index (κ3) is 3.26. The molecule has 2 aromatic heterocycles. The van der Waals surface area contributed by atoms with Gasteiger partial charge in [0.1, 0.15) is 23.4 Å². The van der Waals surface area contributed by atoms with Gasteiger partial charge in [0.15, 0.2) is 0 Å². The SMILES string of the molecule is CCNC(=O)c1c(OC)cc(-n2cnc3cc(-c4c[nH]nc4C)ccc32)cc1OC. The van der Waals surface area contributed by atoms with Gasteiger partial charge in [0.2, 0.25) is 0 Å². The molecule has 0 aliphatic carbocycles. The molecule has 154 valence electrons. The maximum absolute atomic E-state index is 12.5. The van der Waals surface area contributed by atoms with Crippen LogP contribution in [0.5, 0.6) is 11.5 Å². The fraction of sp³-hybridized carbons (Fsp3) is 0.227. The van der Waals surface area contributed by atoms with Crippen molar-refractivity contribution in [1.29, 1.82) is 0 Å². The average Bonchev–Trinajstić information content (AvgIpc) is 3.38. The number of rotatable bonds is 6. The molecule has 0 spiro atoms. The Kier molecular flexibility index (Phi) is 5.14. The molecular weight excluding hydrogens is 382 g/mol. The first-order valence-corrected chi connectivity index (χ1v) is 9.59. The van der Waals surface area contributed by atoms with Gasteiger partial charge in [-0.25, -0.2) is 4.98 Å². The minimum absolute atomic E-state index is 0.242. The molecule has 8 nitrogen and oxygen atoms in total. The van der Waals surface area contributed by atoms with Gasteiger partial charge < -0.3 is 14.8 Å². The second-order valence-corrected chi connectivity index (χ2v) is 6.79. The standard InChI is InChI=1S/C22H23N5O3/c1-5-23-22(28)21-19(29-3)9-15(10-20(21)30-4)27-12-24-17-8-14(6-7-18(17)27)16-11-25-26-13(16)2/h6-12H,5H2,1-4H3,(H,23,28)(H,25,26). The highest BCUT2D eigenvalue weighted by molar-refractivity contribution is 6.00. The number of fused-ring (bicyclic) bond motifs is 1. The molecule has 0 aliphatic rings. The van der Waals surface area contributed by atoms with Gasteiger partial charge in [-0.15, -0.1) is 0 Å². The van der Waals surface area contributed by atoms with Gasteiger partial charge in [-0.1, -0.05) is 6.07 Å². The molecule has 0 saturated heterocycles. The summed E-state index contributed by atoms with van der Waals surface area (Å²) in [5.41, 5.74) is 5.94. The number of hydrogen-bond donors (Lipinski definition) is 2. The Morgan fingerprint density at radius 2 is 1.90 bits per heavy atom. The minimum atomic E-state index is -0.242. The Morgan fingerprint density at radius 3 is 2.50 bits per heavy atom. The summed E-state index contributed by atoms with van der Waals surface area (Å²) in [7, 11) is 3.07. The van der Waals surface area contributed by atoms with Gasteiger partial charge in [-0.3, -0.25) is 14.5 Å². The zero-order chi connectivity index (χ0) is 21.3. The van der Waals surface area contributed by atoms with Crippen molar-refractivity contribution in [2.24, 2.45) is 0 Å². The normalized spacial score (nSPS) is 10.9. The summed E-state index contributed by atoms with van der Waals surface area (Å²) in [4.78, 5) is 17.1. The van der Waals surface area contributed by atoms with Crippen LogP contribution in [0.2, 0.25) is 0 Å². The third-order valence-electron chi connectivity index (χ3n) is 5.02. The summed E-state index contributed by atoms with van der Waals surface area (Å²) in [6.45, 7) is 4.34. The lowest BCUT2D eigenvalue weighted by molar-refractivity contribution is 0.0949. The van der Waals surface area contributed by atoms with Crippen molar-refractivity contribution in [3.05, 3.63) is 54.1 Å². The molecule has 2 N–H and O–H groups in total. The molecule has 0 atom stereocenters. The number of nitrogens with one attached hydrogen (secondary N) is 2. The van der Waals surface area contributed by atoms with Crippen molar-refractivity contribution < 1.29 is 14.3 Å². The molecule has 4 aromatic rings. The highest BCUT2D eigenvalue weighted by Gasteiger charge is 2.20. The smallest absolute Gasteiger partial charge is 0.258 e. The number of imidazole rings is 1. The molecule has 0 fully saturated rings. The minimum Gasteiger partial charge on any atom is -0.496 e. The van der Waals surface area contributed by atoms with E-state index in [-0.39, 0.29) is 5.91 Å². The predicted octanol–water partition coefficient (Wildman–Crippen LogP) is 3.49. The van der Waals surface area contributed by atoms with E-state index in [0.29, 0.717) is 23.6 Å². The fourth-order valence-electron chi connectivity index (χ4n) is 3.55. The number of aromatic amines is 1. The number of ether oxygens (including phenoxy) is 2. The number of hydrogen-bond acceptors (Lipinski definition) is 5. The van der Waals surface area contributed by atoms with Crippen LogP contribution in [0.25, 0.3) is 27.8 Å². The van der Waals surface area contributed by atoms with Crippen LogP contribution in [-0.4, -0.2) is 46.4 Å². The zero-order valence-corrected chi connectivity index (χ0v) is 17.3. The Bertz CT molecular complexity index is 1200. The number of carbonyl (C=O) groups excluding carboxylic acids is 1. The molecule has 2 heterocycles. The first-order valence-electron chi connectivity index (χ1n) is 9.59. The molecular formula is C22H23N5O3. The molecule has 0 bridgehead atoms. The summed E-state index contributed by atoms with van der Waals surface area (Å²) >= 11 is 0. The number of carbonyl (C=O) groups is 1. The Morgan fingerprint density at radius 1 is 1.17 bits per heavy atom. The van der Waals surface area contributed by atoms with Crippen LogP contribution in [0.1, 0.15) is 23.0 Å². The van der Waals surface area contributed by atoms with E-state index >= 15 is 0 Å². The van der Waals surface area contributed by atoms with Crippen molar-refractivity contribution in [2.75, 3.05) is 20.8 Å². The van der Waals surface area contributed by atoms with E-state index in [0.717, 1.165) is 33.5 Å². The van der Waals surface area contributed by atoms with E-state index in [9.17, 15) is 4.79 Å². The lowest BCUT2D eigenvalue weighted by Gasteiger charge is -2.15. The van der Waals surface area contributed by atoms with Crippen molar-refractivity contribution >= 4 is 16.9 Å². The van der Waals surface area contributed by atoms with E-state index < -0.39 is 0 Å². The van der Waals surface area contributed by atoms with Gasteiger partial charge in [-0.2, -0.15) is 5.10 Å². The molecule has 30 heavy (non-hydrogen) atoms. The summed E-state index contributed by atoms with van der Waals surface area (Å²) in [5, 5.41) is 9.87. The van der Waals surface area contributed by atoms with Crippen LogP contribution in [-0.2, 0) is 0 Å². The second kappa shape index (κ2) is 7.90. The van der Waals surface area contributed by atoms with Crippen LogP contribution >= 0.6 is 0 Å². The average molecular weight is 405 g/mol. The highest BCUT2D eigenvalue weighted by Crippen LogP contribution is 2.34. The fourth-order valence-corrected chi connectivity index (χ4v) is 3.55. The molecule has 2 aromatic carbocycles. The summed E-state index contributed by atoms with van der Waals surface area (Å²) in [6, 6.07) is 9.70. The van der Waals surface area contributed by atoms with Crippen LogP contribution in [0.4, 0.5) is 0 Å². The van der Waals surface area contributed by atoms with Crippen molar-refractivity contribution in [3.63, 3.8) is 0 Å². The summed E-state index contributed by atoms with van der Waals surface area (Å²) in [5.74, 6) is 0.624. The van der Waals surface area contributed by atoms with E-state index in [4.69, 9.17) is 9.47 Å². The lowest BCUT2D eigenvalue weighted by Crippen LogP contribution is -2.24. The number of aromatic nitrogens is 4. The van der Waals surface area contributed by atoms with Gasteiger partial charge in [0.25, 0.3) is 5.91 Å². The maximum atomic E-state index is 12.5. The quantitative estimate of drug-likeness (QED) is 0.512. The number of methoxy groups -OCH3 is 2. The number of aryl methyl sites for hydroxylation is 1. The largest absolute Gasteiger partial charge is 0.496 e. The molecule has 0 aliphatic heterocycles. The maximum Gasteiger partial charge on any atom is 0.258 e. The zero-order valence-electron chi connectivity index (χ0n) is 17.3. The van der Waals surface area contributed by atoms with Gasteiger partial charge in [0, 0.05) is 30.4 Å². The monoisotopic (exact) mass is 405 g/mol. The molecule has 4 rings (SSSR count). The topological polar surface area (TPSA) is 94.1 Å². The van der Waals surface area contributed by atoms with Gasteiger partial charge in [0.05, 0.1) is 36.6 Å². The third-order valence-corrected chi connectivity index (χ3v) is 5.02. The Hall–Kier alpha value is -3.81. The van der Waals surface area contributed by atoms with Crippen LogP contribution < -0.4 is 14.8 Å². The number of nitrogens with zero attached hydrogens (tertiary/aromatic N) is 3. The van der Waals surface area contributed by atoms with E-state index in [1.807, 2.05) is 54.9 Å². The van der Waals surface area contributed by atoms with Crippen molar-refractivity contribution in [3.8, 4) is 28.3 Å². The van der Waals surface area contributed by atoms with Gasteiger partial charge >= 0.3 is 0 Å². The summed E-state index contributed by atoms with van der Waals surface area (Å²) in [6.07, 6.45) is 3.62. The van der Waals surface area contributed by atoms with E-state index in [1.165, 1.54) is 14.2 Å².